The van der Waals surface area contributed by atoms with Crippen LogP contribution in [0.2, 0.25) is 0 Å². The molecule has 0 bridgehead atoms. The monoisotopic (exact) mass is 388 g/mol. The summed E-state index contributed by atoms with van der Waals surface area (Å²) in [6.07, 6.45) is 1.59. The van der Waals surface area contributed by atoms with Crippen molar-refractivity contribution in [3.05, 3.63) is 59.0 Å². The maximum absolute atomic E-state index is 5.96. The Morgan fingerprint density at radius 2 is 1.79 bits per heavy atom. The third-order valence-electron chi connectivity index (χ3n) is 5.12. The minimum absolute atomic E-state index is 0.479. The second-order valence-electron chi connectivity index (χ2n) is 8.26. The summed E-state index contributed by atoms with van der Waals surface area (Å²) in [5.41, 5.74) is 14.1. The van der Waals surface area contributed by atoms with E-state index in [9.17, 15) is 0 Å². The van der Waals surface area contributed by atoms with E-state index in [1.807, 2.05) is 6.07 Å². The first kappa shape index (κ1) is 19.4. The van der Waals surface area contributed by atoms with E-state index in [-0.39, 0.29) is 0 Å². The largest absolute Gasteiger partial charge is 0.354 e. The van der Waals surface area contributed by atoms with Crippen LogP contribution in [-0.4, -0.2) is 21.7 Å². The van der Waals surface area contributed by atoms with Crippen molar-refractivity contribution in [2.45, 2.75) is 40.5 Å². The SMILES string of the molecule is Cc1cc(C)cc(-c2[nH]c3ccc(-c4noc(CC(C)C)n4)cc3c2CCN)c1. The lowest BCUT2D eigenvalue weighted by Gasteiger charge is -2.07. The zero-order valence-electron chi connectivity index (χ0n) is 17.5. The van der Waals surface area contributed by atoms with Crippen LogP contribution in [0.15, 0.2) is 40.9 Å². The summed E-state index contributed by atoms with van der Waals surface area (Å²) in [6.45, 7) is 9.14. The smallest absolute Gasteiger partial charge is 0.227 e. The predicted octanol–water partition coefficient (Wildman–Crippen LogP) is 5.20. The molecule has 5 nitrogen and oxygen atoms in total. The summed E-state index contributed by atoms with van der Waals surface area (Å²) in [5.74, 6) is 1.80. The summed E-state index contributed by atoms with van der Waals surface area (Å²) in [4.78, 5) is 8.19. The van der Waals surface area contributed by atoms with Crippen molar-refractivity contribution in [3.8, 4) is 22.6 Å². The van der Waals surface area contributed by atoms with Crippen LogP contribution in [0.5, 0.6) is 0 Å². The first-order valence-electron chi connectivity index (χ1n) is 10.2. The zero-order chi connectivity index (χ0) is 20.5. The summed E-state index contributed by atoms with van der Waals surface area (Å²) >= 11 is 0. The second kappa shape index (κ2) is 7.84. The first-order valence-corrected chi connectivity index (χ1v) is 10.2. The average Bonchev–Trinajstić information content (AvgIpc) is 3.25. The molecule has 0 fully saturated rings. The highest BCUT2D eigenvalue weighted by Crippen LogP contribution is 2.34. The molecule has 0 unspecified atom stereocenters. The number of nitrogens with two attached hydrogens (primary N) is 1. The molecule has 0 spiro atoms. The summed E-state index contributed by atoms with van der Waals surface area (Å²) < 4.78 is 5.43. The summed E-state index contributed by atoms with van der Waals surface area (Å²) in [6, 6.07) is 12.9. The van der Waals surface area contributed by atoms with Crippen molar-refractivity contribution in [1.29, 1.82) is 0 Å². The van der Waals surface area contributed by atoms with Gasteiger partial charge in [-0.1, -0.05) is 36.2 Å². The van der Waals surface area contributed by atoms with Gasteiger partial charge in [0.05, 0.1) is 0 Å². The van der Waals surface area contributed by atoms with Gasteiger partial charge in [0.25, 0.3) is 0 Å². The molecule has 4 aromatic rings. The molecule has 5 heteroatoms. The van der Waals surface area contributed by atoms with Crippen LogP contribution in [0.25, 0.3) is 33.5 Å². The first-order chi connectivity index (χ1) is 13.9. The molecule has 4 rings (SSSR count). The molecule has 2 aromatic heterocycles. The number of benzene rings is 2. The molecule has 29 heavy (non-hydrogen) atoms. The molecule has 150 valence electrons. The molecule has 0 saturated carbocycles. The molecule has 0 radical (unpaired) electrons. The number of H-pyrrole nitrogens is 1. The fourth-order valence-corrected chi connectivity index (χ4v) is 3.96. The Morgan fingerprint density at radius 1 is 1.03 bits per heavy atom. The lowest BCUT2D eigenvalue weighted by atomic mass is 9.99. The lowest BCUT2D eigenvalue weighted by Crippen LogP contribution is -2.03. The Balaban J connectivity index is 1.82. The van der Waals surface area contributed by atoms with Crippen molar-refractivity contribution in [2.75, 3.05) is 6.54 Å². The van der Waals surface area contributed by atoms with Gasteiger partial charge < -0.3 is 15.2 Å². The molecule has 0 atom stereocenters. The molecule has 2 aromatic carbocycles. The minimum atomic E-state index is 0.479. The van der Waals surface area contributed by atoms with Gasteiger partial charge in [0.1, 0.15) is 0 Å². The number of aromatic nitrogens is 3. The molecule has 0 aliphatic rings. The predicted molar refractivity (Wildman–Crippen MR) is 118 cm³/mol. The molecule has 0 amide bonds. The maximum atomic E-state index is 5.96. The van der Waals surface area contributed by atoms with Crippen LogP contribution < -0.4 is 5.73 Å². The van der Waals surface area contributed by atoms with E-state index in [4.69, 9.17) is 10.3 Å². The Hall–Kier alpha value is -2.92. The molecule has 0 aliphatic heterocycles. The lowest BCUT2D eigenvalue weighted by molar-refractivity contribution is 0.363. The van der Waals surface area contributed by atoms with E-state index in [0.717, 1.165) is 35.0 Å². The van der Waals surface area contributed by atoms with Crippen LogP contribution in [0, 0.1) is 19.8 Å². The number of nitrogens with zero attached hydrogens (tertiary/aromatic N) is 2. The van der Waals surface area contributed by atoms with Gasteiger partial charge in [0.15, 0.2) is 0 Å². The Labute approximate surface area is 171 Å². The molecule has 0 saturated heterocycles. The minimum Gasteiger partial charge on any atom is -0.354 e. The van der Waals surface area contributed by atoms with Crippen LogP contribution in [0.3, 0.4) is 0 Å². The van der Waals surface area contributed by atoms with Gasteiger partial charge in [0, 0.05) is 28.6 Å². The van der Waals surface area contributed by atoms with Gasteiger partial charge >= 0.3 is 0 Å². The van der Waals surface area contributed by atoms with Gasteiger partial charge in [-0.15, -0.1) is 0 Å². The van der Waals surface area contributed by atoms with Crippen LogP contribution in [-0.2, 0) is 12.8 Å². The van der Waals surface area contributed by atoms with E-state index >= 15 is 0 Å². The van der Waals surface area contributed by atoms with Crippen LogP contribution >= 0.6 is 0 Å². The van der Waals surface area contributed by atoms with Crippen LogP contribution in [0.1, 0.15) is 36.4 Å². The quantitative estimate of drug-likeness (QED) is 0.476. The third-order valence-corrected chi connectivity index (χ3v) is 5.12. The van der Waals surface area contributed by atoms with Crippen molar-refractivity contribution in [1.82, 2.24) is 15.1 Å². The molecule has 0 aliphatic carbocycles. The molecular formula is C24H28N4O. The Morgan fingerprint density at radius 3 is 2.48 bits per heavy atom. The van der Waals surface area contributed by atoms with E-state index in [1.54, 1.807) is 0 Å². The number of fused-ring (bicyclic) bond motifs is 1. The number of hydrogen-bond acceptors (Lipinski definition) is 4. The van der Waals surface area contributed by atoms with Gasteiger partial charge in [-0.2, -0.15) is 4.98 Å². The van der Waals surface area contributed by atoms with Gasteiger partial charge in [0.2, 0.25) is 11.7 Å². The number of rotatable bonds is 6. The van der Waals surface area contributed by atoms with Crippen LogP contribution in [0.4, 0.5) is 0 Å². The highest BCUT2D eigenvalue weighted by Gasteiger charge is 2.16. The maximum Gasteiger partial charge on any atom is 0.227 e. The van der Waals surface area contributed by atoms with Crippen molar-refractivity contribution >= 4 is 10.9 Å². The standard InChI is InChI=1S/C24H28N4O/c1-14(2)9-22-27-24(28-29-22)17-5-6-21-20(13-17)19(7-8-25)23(26-21)18-11-15(3)10-16(4)12-18/h5-6,10-14,26H,7-9,25H2,1-4H3. The Bertz CT molecular complexity index is 1130. The highest BCUT2D eigenvalue weighted by atomic mass is 16.5. The van der Waals surface area contributed by atoms with Gasteiger partial charge in [-0.05, 0) is 74.2 Å². The third kappa shape index (κ3) is 3.96. The van der Waals surface area contributed by atoms with E-state index < -0.39 is 0 Å². The van der Waals surface area contributed by atoms with E-state index in [1.165, 1.54) is 22.3 Å². The normalized spacial score (nSPS) is 11.7. The fraction of sp³-hybridized carbons (Fsp3) is 0.333. The van der Waals surface area contributed by atoms with E-state index in [2.05, 4.69) is 73.2 Å². The number of nitrogens with one attached hydrogen (secondary N) is 1. The molecule has 3 N–H and O–H groups in total. The average molecular weight is 389 g/mol. The number of aryl methyl sites for hydroxylation is 2. The number of hydrogen-bond donors (Lipinski definition) is 2. The second-order valence-corrected chi connectivity index (χ2v) is 8.26. The highest BCUT2D eigenvalue weighted by molar-refractivity contribution is 5.93. The topological polar surface area (TPSA) is 80.7 Å². The number of aromatic amines is 1. The van der Waals surface area contributed by atoms with Crippen molar-refractivity contribution < 1.29 is 4.52 Å². The van der Waals surface area contributed by atoms with Gasteiger partial charge in [-0.3, -0.25) is 0 Å². The van der Waals surface area contributed by atoms with Gasteiger partial charge in [-0.25, -0.2) is 0 Å². The molecular weight excluding hydrogens is 360 g/mol. The summed E-state index contributed by atoms with van der Waals surface area (Å²) in [7, 11) is 0. The summed E-state index contributed by atoms with van der Waals surface area (Å²) in [5, 5.41) is 5.35. The van der Waals surface area contributed by atoms with Crippen molar-refractivity contribution in [2.24, 2.45) is 11.7 Å². The van der Waals surface area contributed by atoms with Crippen molar-refractivity contribution in [3.63, 3.8) is 0 Å². The fourth-order valence-electron chi connectivity index (χ4n) is 3.96. The van der Waals surface area contributed by atoms with E-state index in [0.29, 0.717) is 24.2 Å². The molecule has 2 heterocycles. The Kier molecular flexibility index (Phi) is 5.24. The zero-order valence-corrected chi connectivity index (χ0v) is 17.5.